The molecule has 0 amide bonds. The molecular weight excluding hydrogens is 353 g/mol. The Hall–Kier alpha value is -2.17. The maximum Gasteiger partial charge on any atom is 0.336 e. The molecule has 0 fully saturated rings. The molecule has 3 aromatic rings. The monoisotopic (exact) mass is 373 g/mol. The van der Waals surface area contributed by atoms with E-state index in [1.807, 2.05) is 13.0 Å². The highest BCUT2D eigenvalue weighted by Crippen LogP contribution is 2.27. The zero-order valence-corrected chi connectivity index (χ0v) is 15.7. The minimum absolute atomic E-state index is 0.0267. The van der Waals surface area contributed by atoms with E-state index in [1.54, 1.807) is 18.2 Å². The van der Waals surface area contributed by atoms with Gasteiger partial charge >= 0.3 is 5.63 Å². The van der Waals surface area contributed by atoms with Crippen LogP contribution < -0.4 is 10.9 Å². The molecule has 5 heteroatoms. The van der Waals surface area contributed by atoms with E-state index in [9.17, 15) is 9.18 Å². The Bertz CT molecular complexity index is 980. The summed E-state index contributed by atoms with van der Waals surface area (Å²) in [5.74, 6) is 0.0330. The zero-order chi connectivity index (χ0) is 18.8. The molecule has 136 valence electrons. The Kier molecular flexibility index (Phi) is 5.44. The molecule has 0 saturated carbocycles. The predicted octanol–water partition coefficient (Wildman–Crippen LogP) is 5.38. The van der Waals surface area contributed by atoms with E-state index in [4.69, 9.17) is 16.0 Å². The van der Waals surface area contributed by atoms with Crippen molar-refractivity contribution in [2.75, 3.05) is 0 Å². The van der Waals surface area contributed by atoms with Gasteiger partial charge < -0.3 is 9.73 Å². The van der Waals surface area contributed by atoms with Gasteiger partial charge in [-0.15, -0.1) is 0 Å². The van der Waals surface area contributed by atoms with Crippen molar-refractivity contribution in [3.63, 3.8) is 0 Å². The minimum atomic E-state index is -0.390. The molecule has 1 heterocycles. The van der Waals surface area contributed by atoms with E-state index in [1.165, 1.54) is 18.2 Å². The normalized spacial score (nSPS) is 12.7. The molecule has 0 spiro atoms. The van der Waals surface area contributed by atoms with E-state index in [0.29, 0.717) is 17.2 Å². The summed E-state index contributed by atoms with van der Waals surface area (Å²) in [6.07, 6.45) is 0. The SMILES string of the molecule is Cc1cc2oc(=O)cc(CN[C@H](c3ccc(F)cc3)C(C)C)c2cc1Cl. The van der Waals surface area contributed by atoms with Crippen LogP contribution in [0.3, 0.4) is 0 Å². The number of fused-ring (bicyclic) bond motifs is 1. The quantitative estimate of drug-likeness (QED) is 0.610. The van der Waals surface area contributed by atoms with Crippen LogP contribution in [0.2, 0.25) is 5.02 Å². The molecule has 0 bridgehead atoms. The molecular formula is C21H21ClFNO2. The third-order valence-electron chi connectivity index (χ3n) is 4.52. The molecule has 0 unspecified atom stereocenters. The van der Waals surface area contributed by atoms with Crippen LogP contribution in [-0.4, -0.2) is 0 Å². The van der Waals surface area contributed by atoms with Gasteiger partial charge in [0.25, 0.3) is 0 Å². The lowest BCUT2D eigenvalue weighted by Crippen LogP contribution is -2.26. The number of hydrogen-bond donors (Lipinski definition) is 1. The molecule has 1 atom stereocenters. The first-order chi connectivity index (χ1) is 12.3. The zero-order valence-electron chi connectivity index (χ0n) is 15.0. The van der Waals surface area contributed by atoms with Crippen LogP contribution in [0.4, 0.5) is 4.39 Å². The fourth-order valence-corrected chi connectivity index (χ4v) is 3.29. The number of halogens is 2. The molecule has 0 aliphatic carbocycles. The molecule has 3 nitrogen and oxygen atoms in total. The Balaban J connectivity index is 1.93. The van der Waals surface area contributed by atoms with Gasteiger partial charge in [0.15, 0.2) is 0 Å². The number of rotatable bonds is 5. The smallest absolute Gasteiger partial charge is 0.336 e. The highest BCUT2D eigenvalue weighted by atomic mass is 35.5. The third kappa shape index (κ3) is 3.97. The van der Waals surface area contributed by atoms with E-state index >= 15 is 0 Å². The maximum absolute atomic E-state index is 13.2. The summed E-state index contributed by atoms with van der Waals surface area (Å²) in [4.78, 5) is 11.9. The van der Waals surface area contributed by atoms with Crippen molar-refractivity contribution in [2.45, 2.75) is 33.4 Å². The molecule has 0 aliphatic heterocycles. The second-order valence-electron chi connectivity index (χ2n) is 6.84. The standard InChI is InChI=1S/C21H21ClFNO2/c1-12(2)21(14-4-6-16(23)7-5-14)24-11-15-9-20(25)26-19-8-13(3)18(22)10-17(15)19/h4-10,12,21,24H,11H2,1-3H3/t21-/m0/s1. The summed E-state index contributed by atoms with van der Waals surface area (Å²) in [5, 5.41) is 4.92. The van der Waals surface area contributed by atoms with Gasteiger partial charge in [0, 0.05) is 29.1 Å². The molecule has 0 aliphatic rings. The summed E-state index contributed by atoms with van der Waals surface area (Å²) in [6, 6.07) is 11.6. The summed E-state index contributed by atoms with van der Waals surface area (Å²) in [7, 11) is 0. The number of benzene rings is 2. The lowest BCUT2D eigenvalue weighted by molar-refractivity contribution is 0.410. The van der Waals surface area contributed by atoms with Crippen molar-refractivity contribution in [3.05, 3.63) is 80.4 Å². The fraction of sp³-hybridized carbons (Fsp3) is 0.286. The lowest BCUT2D eigenvalue weighted by Gasteiger charge is -2.23. The van der Waals surface area contributed by atoms with Crippen LogP contribution in [-0.2, 0) is 6.54 Å². The minimum Gasteiger partial charge on any atom is -0.423 e. The Labute approximate surface area is 156 Å². The van der Waals surface area contributed by atoms with E-state index in [-0.39, 0.29) is 23.4 Å². The molecule has 26 heavy (non-hydrogen) atoms. The van der Waals surface area contributed by atoms with E-state index in [2.05, 4.69) is 19.2 Å². The molecule has 0 radical (unpaired) electrons. The predicted molar refractivity (Wildman–Crippen MR) is 103 cm³/mol. The van der Waals surface area contributed by atoms with Crippen LogP contribution in [0.15, 0.2) is 51.7 Å². The first-order valence-corrected chi connectivity index (χ1v) is 8.94. The first-order valence-electron chi connectivity index (χ1n) is 8.57. The highest BCUT2D eigenvalue weighted by Gasteiger charge is 2.17. The van der Waals surface area contributed by atoms with Gasteiger partial charge in [-0.05, 0) is 53.8 Å². The third-order valence-corrected chi connectivity index (χ3v) is 4.92. The topological polar surface area (TPSA) is 42.2 Å². The van der Waals surface area contributed by atoms with Gasteiger partial charge in [0.05, 0.1) is 0 Å². The summed E-state index contributed by atoms with van der Waals surface area (Å²) >= 11 is 6.25. The molecule has 3 rings (SSSR count). The lowest BCUT2D eigenvalue weighted by atomic mass is 9.95. The average molecular weight is 374 g/mol. The van der Waals surface area contributed by atoms with Crippen LogP contribution in [0.25, 0.3) is 11.0 Å². The highest BCUT2D eigenvalue weighted by molar-refractivity contribution is 6.32. The van der Waals surface area contributed by atoms with Crippen molar-refractivity contribution in [2.24, 2.45) is 5.92 Å². The molecule has 1 N–H and O–H groups in total. The van der Waals surface area contributed by atoms with Crippen molar-refractivity contribution in [1.29, 1.82) is 0 Å². The largest absolute Gasteiger partial charge is 0.423 e. The first kappa shape index (κ1) is 18.6. The number of aryl methyl sites for hydroxylation is 1. The Morgan fingerprint density at radius 2 is 1.85 bits per heavy atom. The van der Waals surface area contributed by atoms with Crippen LogP contribution in [0.5, 0.6) is 0 Å². The van der Waals surface area contributed by atoms with E-state index < -0.39 is 0 Å². The Morgan fingerprint density at radius 3 is 2.50 bits per heavy atom. The van der Waals surface area contributed by atoms with Gasteiger partial charge in [-0.3, -0.25) is 0 Å². The fourth-order valence-electron chi connectivity index (χ4n) is 3.12. The van der Waals surface area contributed by atoms with Crippen LogP contribution in [0.1, 0.15) is 36.6 Å². The van der Waals surface area contributed by atoms with Gasteiger partial charge in [0.1, 0.15) is 11.4 Å². The van der Waals surface area contributed by atoms with Crippen LogP contribution in [0, 0.1) is 18.7 Å². The summed E-state index contributed by atoms with van der Waals surface area (Å²) in [6.45, 7) is 6.54. The van der Waals surface area contributed by atoms with Gasteiger partial charge in [-0.25, -0.2) is 9.18 Å². The molecule has 0 saturated heterocycles. The van der Waals surface area contributed by atoms with Crippen LogP contribution >= 0.6 is 11.6 Å². The van der Waals surface area contributed by atoms with Gasteiger partial charge in [-0.2, -0.15) is 0 Å². The van der Waals surface area contributed by atoms with Gasteiger partial charge in [-0.1, -0.05) is 37.6 Å². The Morgan fingerprint density at radius 1 is 1.15 bits per heavy atom. The molecule has 1 aromatic heterocycles. The summed E-state index contributed by atoms with van der Waals surface area (Å²) < 4.78 is 18.5. The van der Waals surface area contributed by atoms with Crippen molar-refractivity contribution >= 4 is 22.6 Å². The van der Waals surface area contributed by atoms with Crippen molar-refractivity contribution in [1.82, 2.24) is 5.32 Å². The molecule has 2 aromatic carbocycles. The second kappa shape index (κ2) is 7.60. The average Bonchev–Trinajstić information content (AvgIpc) is 2.58. The van der Waals surface area contributed by atoms with Crippen molar-refractivity contribution < 1.29 is 8.81 Å². The van der Waals surface area contributed by atoms with Crippen molar-refractivity contribution in [3.8, 4) is 0 Å². The van der Waals surface area contributed by atoms with Gasteiger partial charge in [0.2, 0.25) is 0 Å². The summed E-state index contributed by atoms with van der Waals surface area (Å²) in [5.41, 5.74) is 2.82. The number of hydrogen-bond acceptors (Lipinski definition) is 3. The maximum atomic E-state index is 13.2. The number of nitrogens with one attached hydrogen (secondary N) is 1. The second-order valence-corrected chi connectivity index (χ2v) is 7.25. The van der Waals surface area contributed by atoms with E-state index in [0.717, 1.165) is 22.1 Å².